The van der Waals surface area contributed by atoms with Crippen LogP contribution in [0, 0.1) is 0 Å². The van der Waals surface area contributed by atoms with Crippen LogP contribution in [0.3, 0.4) is 0 Å². The lowest BCUT2D eigenvalue weighted by atomic mass is 10.0. The van der Waals surface area contributed by atoms with Gasteiger partial charge in [0.05, 0.1) is 30.8 Å². The highest BCUT2D eigenvalue weighted by Gasteiger charge is 2.26. The van der Waals surface area contributed by atoms with Gasteiger partial charge in [0.15, 0.2) is 11.5 Å². The average molecular weight is 456 g/mol. The van der Waals surface area contributed by atoms with E-state index in [0.717, 1.165) is 87.0 Å². The van der Waals surface area contributed by atoms with Gasteiger partial charge in [0.1, 0.15) is 5.82 Å². The number of benzene rings is 1. The first kappa shape index (κ1) is 21.2. The minimum absolute atomic E-state index is 0.332. The number of fused-ring (bicyclic) bond motifs is 1. The van der Waals surface area contributed by atoms with E-state index in [1.807, 2.05) is 42.9 Å². The van der Waals surface area contributed by atoms with E-state index < -0.39 is 0 Å². The lowest BCUT2D eigenvalue weighted by Crippen LogP contribution is -2.37. The molecule has 1 aromatic carbocycles. The Kier molecular flexibility index (Phi) is 5.91. The van der Waals surface area contributed by atoms with Gasteiger partial charge in [-0.1, -0.05) is 36.4 Å². The molecule has 2 saturated heterocycles. The molecule has 0 aliphatic carbocycles. The Morgan fingerprint density at radius 2 is 1.71 bits per heavy atom. The van der Waals surface area contributed by atoms with Crippen molar-refractivity contribution in [1.82, 2.24) is 29.6 Å². The molecule has 0 amide bonds. The molecule has 34 heavy (non-hydrogen) atoms. The number of nitrogens with zero attached hydrogens (tertiary/aromatic N) is 7. The van der Waals surface area contributed by atoms with E-state index in [2.05, 4.69) is 37.7 Å². The maximum absolute atomic E-state index is 5.59. The van der Waals surface area contributed by atoms with Crippen LogP contribution in [0.5, 0.6) is 0 Å². The zero-order valence-electron chi connectivity index (χ0n) is 19.3. The fraction of sp³-hybridized carbons (Fsp3) is 0.385. The molecule has 0 saturated carbocycles. The first-order chi connectivity index (χ1) is 16.8. The Hall–Kier alpha value is -3.36. The highest BCUT2D eigenvalue weighted by atomic mass is 16.5. The third-order valence-electron chi connectivity index (χ3n) is 6.81. The zero-order chi connectivity index (χ0) is 22.7. The zero-order valence-corrected chi connectivity index (χ0v) is 19.3. The Morgan fingerprint density at radius 3 is 2.47 bits per heavy atom. The molecule has 8 heteroatoms. The quantitative estimate of drug-likeness (QED) is 0.456. The van der Waals surface area contributed by atoms with E-state index in [1.54, 1.807) is 0 Å². The first-order valence-electron chi connectivity index (χ1n) is 12.1. The first-order valence-corrected chi connectivity index (χ1v) is 12.1. The number of pyridine rings is 1. The van der Waals surface area contributed by atoms with Crippen LogP contribution in [0.25, 0.3) is 22.4 Å². The van der Waals surface area contributed by atoms with Crippen molar-refractivity contribution in [1.29, 1.82) is 0 Å². The smallest absolute Gasteiger partial charge is 0.164 e. The molecule has 8 nitrogen and oxygen atoms in total. The number of piperidine rings is 1. The summed E-state index contributed by atoms with van der Waals surface area (Å²) < 4.78 is 7.73. The van der Waals surface area contributed by atoms with Crippen molar-refractivity contribution < 1.29 is 4.74 Å². The lowest BCUT2D eigenvalue weighted by molar-refractivity contribution is 0.122. The number of rotatable bonds is 5. The van der Waals surface area contributed by atoms with Gasteiger partial charge < -0.3 is 9.64 Å². The predicted octanol–water partition coefficient (Wildman–Crippen LogP) is 3.56. The van der Waals surface area contributed by atoms with Gasteiger partial charge in [0.2, 0.25) is 0 Å². The predicted molar refractivity (Wildman–Crippen MR) is 132 cm³/mol. The van der Waals surface area contributed by atoms with Gasteiger partial charge in [0, 0.05) is 50.7 Å². The van der Waals surface area contributed by atoms with Crippen molar-refractivity contribution in [3.8, 4) is 11.4 Å². The van der Waals surface area contributed by atoms with E-state index in [4.69, 9.17) is 19.8 Å². The number of hydrogen-bond acceptors (Lipinski definition) is 7. The molecule has 0 spiro atoms. The molecular weight excluding hydrogens is 426 g/mol. The van der Waals surface area contributed by atoms with Crippen LogP contribution in [0.4, 0.5) is 5.82 Å². The molecule has 174 valence electrons. The van der Waals surface area contributed by atoms with Gasteiger partial charge in [-0.25, -0.2) is 14.6 Å². The average Bonchev–Trinajstić information content (AvgIpc) is 3.34. The summed E-state index contributed by atoms with van der Waals surface area (Å²) in [6, 6.07) is 14.7. The summed E-state index contributed by atoms with van der Waals surface area (Å²) >= 11 is 0. The van der Waals surface area contributed by atoms with Crippen molar-refractivity contribution in [2.24, 2.45) is 0 Å². The van der Waals surface area contributed by atoms with Crippen molar-refractivity contribution in [2.45, 2.75) is 25.4 Å². The van der Waals surface area contributed by atoms with Gasteiger partial charge in [-0.05, 0) is 24.5 Å². The molecule has 0 bridgehead atoms. The molecular formula is C26H29N7O. The summed E-state index contributed by atoms with van der Waals surface area (Å²) in [4.78, 5) is 19.1. The number of ether oxygens (including phenoxy) is 1. The van der Waals surface area contributed by atoms with Crippen molar-refractivity contribution in [3.63, 3.8) is 0 Å². The Labute approximate surface area is 199 Å². The van der Waals surface area contributed by atoms with Gasteiger partial charge in [0.25, 0.3) is 0 Å². The largest absolute Gasteiger partial charge is 0.378 e. The number of hydrogen-bond donors (Lipinski definition) is 0. The van der Waals surface area contributed by atoms with Crippen molar-refractivity contribution >= 4 is 16.9 Å². The second kappa shape index (κ2) is 9.48. The maximum Gasteiger partial charge on any atom is 0.164 e. The second-order valence-corrected chi connectivity index (χ2v) is 9.03. The van der Waals surface area contributed by atoms with Gasteiger partial charge in [-0.15, -0.1) is 0 Å². The lowest BCUT2D eigenvalue weighted by Gasteiger charge is -2.32. The van der Waals surface area contributed by atoms with Gasteiger partial charge in [-0.3, -0.25) is 9.88 Å². The van der Waals surface area contributed by atoms with Crippen molar-refractivity contribution in [3.05, 3.63) is 66.6 Å². The second-order valence-electron chi connectivity index (χ2n) is 9.03. The van der Waals surface area contributed by atoms with E-state index in [1.165, 1.54) is 5.56 Å². The van der Waals surface area contributed by atoms with E-state index in [0.29, 0.717) is 6.04 Å². The third kappa shape index (κ3) is 4.26. The monoisotopic (exact) mass is 455 g/mol. The number of aromatic nitrogens is 5. The molecule has 2 fully saturated rings. The third-order valence-corrected chi connectivity index (χ3v) is 6.81. The van der Waals surface area contributed by atoms with Crippen molar-refractivity contribution in [2.75, 3.05) is 44.3 Å². The summed E-state index contributed by atoms with van der Waals surface area (Å²) in [5, 5.41) is 5.87. The fourth-order valence-corrected chi connectivity index (χ4v) is 4.98. The van der Waals surface area contributed by atoms with Crippen LogP contribution in [0.2, 0.25) is 0 Å². The normalized spacial score (nSPS) is 17.9. The SMILES string of the molecule is c1ccc(-c2nc(N3CCOCC3)c3cnn(C4CCN(Cc5cccnc5)CC4)c3n2)cc1. The van der Waals surface area contributed by atoms with Crippen LogP contribution in [0.1, 0.15) is 24.4 Å². The highest BCUT2D eigenvalue weighted by molar-refractivity contribution is 5.89. The summed E-state index contributed by atoms with van der Waals surface area (Å²) in [6.07, 6.45) is 7.84. The minimum atomic E-state index is 0.332. The molecule has 6 rings (SSSR count). The molecule has 0 atom stereocenters. The molecule has 0 N–H and O–H groups in total. The summed E-state index contributed by atoms with van der Waals surface area (Å²) in [7, 11) is 0. The molecule has 3 aromatic heterocycles. The number of morpholine rings is 1. The summed E-state index contributed by atoms with van der Waals surface area (Å²) in [5.41, 5.74) is 3.22. The maximum atomic E-state index is 5.59. The Bertz CT molecular complexity index is 1230. The van der Waals surface area contributed by atoms with Crippen LogP contribution in [-0.2, 0) is 11.3 Å². The van der Waals surface area contributed by atoms with Crippen LogP contribution >= 0.6 is 0 Å². The van der Waals surface area contributed by atoms with E-state index >= 15 is 0 Å². The Balaban J connectivity index is 1.30. The topological polar surface area (TPSA) is 72.2 Å². The highest BCUT2D eigenvalue weighted by Crippen LogP contribution is 2.32. The summed E-state index contributed by atoms with van der Waals surface area (Å²) in [5.74, 6) is 1.72. The van der Waals surface area contributed by atoms with Crippen LogP contribution in [-0.4, -0.2) is 69.0 Å². The fourth-order valence-electron chi connectivity index (χ4n) is 4.98. The molecule has 0 radical (unpaired) electrons. The minimum Gasteiger partial charge on any atom is -0.378 e. The van der Waals surface area contributed by atoms with E-state index in [-0.39, 0.29) is 0 Å². The number of anilines is 1. The standard InChI is InChI=1S/C26H29N7O/c1-2-6-21(7-3-1)24-29-25(32-13-15-34-16-14-32)23-18-28-33(26(23)30-24)22-8-11-31(12-9-22)19-20-5-4-10-27-17-20/h1-7,10,17-18,22H,8-9,11-16,19H2. The molecule has 2 aliphatic heterocycles. The van der Waals surface area contributed by atoms with Gasteiger partial charge in [-0.2, -0.15) is 5.10 Å². The number of likely N-dealkylation sites (tertiary alicyclic amines) is 1. The molecule has 0 unspecified atom stereocenters. The van der Waals surface area contributed by atoms with Crippen LogP contribution < -0.4 is 4.90 Å². The summed E-state index contributed by atoms with van der Waals surface area (Å²) in [6.45, 7) is 6.12. The van der Waals surface area contributed by atoms with Gasteiger partial charge >= 0.3 is 0 Å². The van der Waals surface area contributed by atoms with E-state index in [9.17, 15) is 0 Å². The molecule has 5 heterocycles. The van der Waals surface area contributed by atoms with Crippen LogP contribution in [0.15, 0.2) is 61.1 Å². The molecule has 2 aliphatic rings. The Morgan fingerprint density at radius 1 is 0.882 bits per heavy atom. The molecule has 4 aromatic rings.